The van der Waals surface area contributed by atoms with Crippen molar-refractivity contribution in [1.29, 1.82) is 0 Å². The SMILES string of the molecule is Cc1nc(C)c(C(OC(C)(C)C)C(=O)OC(C)C)c(N2CCC(Cc3ccccc3)CC2)c1-c1ccc(OCCc2ccc(F)cc2)cc1. The Labute approximate surface area is 291 Å². The van der Waals surface area contributed by atoms with E-state index in [9.17, 15) is 9.18 Å². The molecule has 7 heteroatoms. The summed E-state index contributed by atoms with van der Waals surface area (Å²) in [4.78, 5) is 21.3. The predicted molar refractivity (Wildman–Crippen MR) is 195 cm³/mol. The van der Waals surface area contributed by atoms with Gasteiger partial charge in [-0.05, 0) is 115 Å². The van der Waals surface area contributed by atoms with Gasteiger partial charge in [-0.1, -0.05) is 54.6 Å². The number of halogens is 1. The fourth-order valence-electron chi connectivity index (χ4n) is 6.67. The van der Waals surface area contributed by atoms with E-state index in [-0.39, 0.29) is 11.9 Å². The van der Waals surface area contributed by atoms with Crippen molar-refractivity contribution < 1.29 is 23.4 Å². The first-order valence-corrected chi connectivity index (χ1v) is 17.5. The van der Waals surface area contributed by atoms with Crippen LogP contribution in [-0.4, -0.2) is 42.4 Å². The Balaban J connectivity index is 1.50. The van der Waals surface area contributed by atoms with E-state index in [2.05, 4.69) is 47.4 Å². The van der Waals surface area contributed by atoms with Crippen molar-refractivity contribution in [3.8, 4) is 16.9 Å². The van der Waals surface area contributed by atoms with Gasteiger partial charge in [-0.15, -0.1) is 0 Å². The number of ether oxygens (including phenoxy) is 3. The lowest BCUT2D eigenvalue weighted by atomic mass is 9.88. The molecule has 260 valence electrons. The minimum absolute atomic E-state index is 0.242. The molecule has 1 atom stereocenters. The molecule has 1 unspecified atom stereocenters. The summed E-state index contributed by atoms with van der Waals surface area (Å²) in [6.45, 7) is 15.8. The smallest absolute Gasteiger partial charge is 0.340 e. The van der Waals surface area contributed by atoms with Gasteiger partial charge < -0.3 is 19.1 Å². The number of aromatic nitrogens is 1. The predicted octanol–water partition coefficient (Wildman–Crippen LogP) is 9.39. The third kappa shape index (κ3) is 9.69. The van der Waals surface area contributed by atoms with Crippen LogP contribution in [0.15, 0.2) is 78.9 Å². The van der Waals surface area contributed by atoms with Gasteiger partial charge in [0, 0.05) is 42.0 Å². The van der Waals surface area contributed by atoms with Crippen molar-refractivity contribution in [3.05, 3.63) is 113 Å². The van der Waals surface area contributed by atoms with Gasteiger partial charge in [-0.3, -0.25) is 4.98 Å². The van der Waals surface area contributed by atoms with Crippen LogP contribution in [0.3, 0.4) is 0 Å². The van der Waals surface area contributed by atoms with E-state index in [0.29, 0.717) is 18.9 Å². The van der Waals surface area contributed by atoms with Crippen LogP contribution in [0.1, 0.15) is 81.6 Å². The molecular formula is C42H51FN2O4. The van der Waals surface area contributed by atoms with Gasteiger partial charge in [-0.2, -0.15) is 0 Å². The first-order valence-electron chi connectivity index (χ1n) is 17.5. The topological polar surface area (TPSA) is 60.9 Å². The highest BCUT2D eigenvalue weighted by Crippen LogP contribution is 2.44. The van der Waals surface area contributed by atoms with Gasteiger partial charge in [0.05, 0.1) is 24.0 Å². The maximum absolute atomic E-state index is 13.8. The first-order chi connectivity index (χ1) is 23.4. The third-order valence-electron chi connectivity index (χ3n) is 8.89. The molecule has 1 aromatic heterocycles. The molecule has 0 N–H and O–H groups in total. The van der Waals surface area contributed by atoms with Crippen LogP contribution in [0.4, 0.5) is 10.1 Å². The Kier molecular flexibility index (Phi) is 11.8. The van der Waals surface area contributed by atoms with Gasteiger partial charge in [0.15, 0.2) is 6.10 Å². The third-order valence-corrected chi connectivity index (χ3v) is 8.89. The maximum Gasteiger partial charge on any atom is 0.340 e. The number of rotatable bonds is 12. The molecular weight excluding hydrogens is 615 g/mol. The largest absolute Gasteiger partial charge is 0.493 e. The Morgan fingerprint density at radius 2 is 1.55 bits per heavy atom. The number of carbonyl (C=O) groups excluding carboxylic acids is 1. The summed E-state index contributed by atoms with van der Waals surface area (Å²) >= 11 is 0. The molecule has 1 aliphatic rings. The van der Waals surface area contributed by atoms with Gasteiger partial charge in [0.1, 0.15) is 11.6 Å². The van der Waals surface area contributed by atoms with Gasteiger partial charge in [0.25, 0.3) is 0 Å². The molecule has 0 saturated carbocycles. The number of nitrogens with zero attached hydrogens (tertiary/aromatic N) is 2. The Morgan fingerprint density at radius 3 is 2.16 bits per heavy atom. The summed E-state index contributed by atoms with van der Waals surface area (Å²) in [7, 11) is 0. The second-order valence-corrected chi connectivity index (χ2v) is 14.4. The lowest BCUT2D eigenvalue weighted by Crippen LogP contribution is -2.37. The number of esters is 1. The molecule has 2 heterocycles. The van der Waals surface area contributed by atoms with E-state index in [4.69, 9.17) is 19.2 Å². The summed E-state index contributed by atoms with van der Waals surface area (Å²) in [6.07, 6.45) is 2.58. The molecule has 4 aromatic rings. The van der Waals surface area contributed by atoms with E-state index in [1.54, 1.807) is 12.1 Å². The second kappa shape index (κ2) is 16.0. The molecule has 0 bridgehead atoms. The Bertz CT molecular complexity index is 1670. The van der Waals surface area contributed by atoms with E-state index >= 15 is 0 Å². The fraction of sp³-hybridized carbons (Fsp3) is 0.429. The highest BCUT2D eigenvalue weighted by molar-refractivity contribution is 5.88. The van der Waals surface area contributed by atoms with Crippen LogP contribution < -0.4 is 9.64 Å². The maximum atomic E-state index is 13.8. The summed E-state index contributed by atoms with van der Waals surface area (Å²) in [5, 5.41) is 0. The van der Waals surface area contributed by atoms with Gasteiger partial charge >= 0.3 is 5.97 Å². The number of aryl methyl sites for hydroxylation is 2. The Hall–Kier alpha value is -4.23. The van der Waals surface area contributed by atoms with Crippen LogP contribution in [-0.2, 0) is 27.1 Å². The minimum Gasteiger partial charge on any atom is -0.493 e. The average Bonchev–Trinajstić information content (AvgIpc) is 3.05. The summed E-state index contributed by atoms with van der Waals surface area (Å²) < 4.78 is 31.8. The lowest BCUT2D eigenvalue weighted by Gasteiger charge is -2.38. The average molecular weight is 667 g/mol. The van der Waals surface area contributed by atoms with Crippen molar-refractivity contribution in [2.24, 2.45) is 5.92 Å². The summed E-state index contributed by atoms with van der Waals surface area (Å²) in [5.74, 6) is 0.679. The van der Waals surface area contributed by atoms with Crippen LogP contribution in [0, 0.1) is 25.6 Å². The highest BCUT2D eigenvalue weighted by Gasteiger charge is 2.37. The van der Waals surface area contributed by atoms with Crippen molar-refractivity contribution in [2.45, 2.75) is 92.0 Å². The first kappa shape index (κ1) is 36.1. The zero-order valence-corrected chi connectivity index (χ0v) is 30.1. The minimum atomic E-state index is -0.944. The molecule has 0 aliphatic carbocycles. The van der Waals surface area contributed by atoms with Crippen molar-refractivity contribution in [1.82, 2.24) is 4.98 Å². The number of anilines is 1. The standard InChI is InChI=1S/C42H51FN2O4/c1-28(2)48-41(46)40(49-42(5,6)7)38-30(4)44-29(3)37(39(38)45-24-21-33(22-25-45)27-32-11-9-8-10-12-32)34-15-19-36(20-16-34)47-26-23-31-13-17-35(43)18-14-31/h8-20,28,33,40H,21-27H2,1-7H3. The zero-order valence-electron chi connectivity index (χ0n) is 30.1. The number of pyridine rings is 1. The summed E-state index contributed by atoms with van der Waals surface area (Å²) in [5.41, 5.74) is 7.17. The number of piperidine rings is 1. The lowest BCUT2D eigenvalue weighted by molar-refractivity contribution is -0.171. The monoisotopic (exact) mass is 666 g/mol. The molecule has 6 nitrogen and oxygen atoms in total. The van der Waals surface area contributed by atoms with Crippen LogP contribution in [0.5, 0.6) is 5.75 Å². The van der Waals surface area contributed by atoms with E-state index in [1.165, 1.54) is 17.7 Å². The molecule has 0 amide bonds. The molecule has 1 fully saturated rings. The quantitative estimate of drug-likeness (QED) is 0.141. The number of hydrogen-bond acceptors (Lipinski definition) is 6. The van der Waals surface area contributed by atoms with Crippen molar-refractivity contribution in [2.75, 3.05) is 24.6 Å². The summed E-state index contributed by atoms with van der Waals surface area (Å²) in [6, 6.07) is 25.3. The normalized spacial score (nSPS) is 14.6. The number of hydrogen-bond donors (Lipinski definition) is 0. The van der Waals surface area contributed by atoms with Crippen molar-refractivity contribution >= 4 is 11.7 Å². The van der Waals surface area contributed by atoms with E-state index in [1.807, 2.05) is 60.6 Å². The number of carbonyl (C=O) groups is 1. The van der Waals surface area contributed by atoms with E-state index in [0.717, 1.165) is 77.4 Å². The van der Waals surface area contributed by atoms with Crippen LogP contribution in [0.2, 0.25) is 0 Å². The van der Waals surface area contributed by atoms with Crippen LogP contribution in [0.25, 0.3) is 11.1 Å². The molecule has 49 heavy (non-hydrogen) atoms. The fourth-order valence-corrected chi connectivity index (χ4v) is 6.67. The molecule has 0 spiro atoms. The highest BCUT2D eigenvalue weighted by atomic mass is 19.1. The van der Waals surface area contributed by atoms with Gasteiger partial charge in [0.2, 0.25) is 0 Å². The number of benzene rings is 3. The molecule has 1 saturated heterocycles. The van der Waals surface area contributed by atoms with E-state index < -0.39 is 17.7 Å². The Morgan fingerprint density at radius 1 is 0.898 bits per heavy atom. The molecule has 3 aromatic carbocycles. The molecule has 5 rings (SSSR count). The van der Waals surface area contributed by atoms with Crippen molar-refractivity contribution in [3.63, 3.8) is 0 Å². The van der Waals surface area contributed by atoms with Crippen LogP contribution >= 0.6 is 0 Å². The zero-order chi connectivity index (χ0) is 35.1. The van der Waals surface area contributed by atoms with Gasteiger partial charge in [-0.25, -0.2) is 9.18 Å². The molecule has 1 aliphatic heterocycles. The second-order valence-electron chi connectivity index (χ2n) is 14.4. The molecule has 0 radical (unpaired) electrons.